The minimum absolute atomic E-state index is 0.468. The summed E-state index contributed by atoms with van der Waals surface area (Å²) in [7, 11) is 1.87. The maximum Gasteiger partial charge on any atom is 0.180 e. The van der Waals surface area contributed by atoms with E-state index in [9.17, 15) is 0 Å². The van der Waals surface area contributed by atoms with E-state index in [-0.39, 0.29) is 0 Å². The van der Waals surface area contributed by atoms with Gasteiger partial charge in [-0.2, -0.15) is 5.10 Å². The van der Waals surface area contributed by atoms with Crippen molar-refractivity contribution < 1.29 is 0 Å². The third kappa shape index (κ3) is 1.23. The largest absolute Gasteiger partial charge is 0.384 e. The molecule has 3 aromatic rings. The van der Waals surface area contributed by atoms with E-state index in [1.807, 2.05) is 19.2 Å². The van der Waals surface area contributed by atoms with E-state index in [1.54, 1.807) is 16.9 Å². The highest BCUT2D eigenvalue weighted by Gasteiger charge is 2.09. The molecule has 16 heavy (non-hydrogen) atoms. The van der Waals surface area contributed by atoms with Crippen LogP contribution in [0.1, 0.15) is 0 Å². The molecule has 3 N–H and O–H groups in total. The van der Waals surface area contributed by atoms with Gasteiger partial charge in [-0.15, -0.1) is 0 Å². The Morgan fingerprint density at radius 2 is 2.12 bits per heavy atom. The summed E-state index contributed by atoms with van der Waals surface area (Å²) in [6, 6.07) is 5.50. The molecular weight excluding hydrogens is 204 g/mol. The Hall–Kier alpha value is -2.37. The van der Waals surface area contributed by atoms with Crippen molar-refractivity contribution in [2.24, 2.45) is 7.05 Å². The predicted molar refractivity (Wildman–Crippen MR) is 60.5 cm³/mol. The van der Waals surface area contributed by atoms with Crippen LogP contribution < -0.4 is 5.73 Å². The van der Waals surface area contributed by atoms with Crippen LogP contribution in [0.5, 0.6) is 0 Å². The van der Waals surface area contributed by atoms with Gasteiger partial charge in [0.15, 0.2) is 11.5 Å². The van der Waals surface area contributed by atoms with E-state index in [4.69, 9.17) is 5.73 Å². The first kappa shape index (κ1) is 8.90. The molecule has 0 saturated heterocycles. The summed E-state index contributed by atoms with van der Waals surface area (Å²) in [5.41, 5.74) is 8.00. The van der Waals surface area contributed by atoms with Gasteiger partial charge in [0, 0.05) is 13.2 Å². The van der Waals surface area contributed by atoms with Crippen molar-refractivity contribution in [3.05, 3.63) is 24.4 Å². The van der Waals surface area contributed by atoms with Crippen LogP contribution in [0.25, 0.3) is 22.7 Å². The molecule has 0 aliphatic heterocycles. The Morgan fingerprint density at radius 3 is 2.88 bits per heavy atom. The van der Waals surface area contributed by atoms with Gasteiger partial charge in [-0.3, -0.25) is 4.68 Å². The Morgan fingerprint density at radius 1 is 1.25 bits per heavy atom. The number of nitrogens with one attached hydrogen (secondary N) is 1. The second-order valence-electron chi connectivity index (χ2n) is 3.53. The average Bonchev–Trinajstić information content (AvgIpc) is 2.82. The Bertz CT molecular complexity index is 650. The number of rotatable bonds is 1. The Kier molecular flexibility index (Phi) is 1.70. The second-order valence-corrected chi connectivity index (χ2v) is 3.53. The predicted octanol–water partition coefficient (Wildman–Crippen LogP) is 0.941. The lowest BCUT2D eigenvalue weighted by molar-refractivity contribution is 0.771. The first-order chi connectivity index (χ1) is 7.74. The summed E-state index contributed by atoms with van der Waals surface area (Å²) in [6.07, 6.45) is 1.73. The van der Waals surface area contributed by atoms with Crippen LogP contribution in [0.15, 0.2) is 24.4 Å². The number of hydrogen-bond acceptors (Lipinski definition) is 4. The summed E-state index contributed by atoms with van der Waals surface area (Å²) in [6.45, 7) is 0. The molecule has 0 fully saturated rings. The zero-order valence-electron chi connectivity index (χ0n) is 8.68. The SMILES string of the molecule is Cn1nccc1-c1nc2nc(N)ccc2[nH]1. The highest BCUT2D eigenvalue weighted by atomic mass is 15.3. The lowest BCUT2D eigenvalue weighted by atomic mass is 10.4. The van der Waals surface area contributed by atoms with Crippen LogP contribution in [0.2, 0.25) is 0 Å². The van der Waals surface area contributed by atoms with E-state index in [2.05, 4.69) is 20.1 Å². The van der Waals surface area contributed by atoms with Crippen molar-refractivity contribution in [1.29, 1.82) is 0 Å². The zero-order valence-corrected chi connectivity index (χ0v) is 8.68. The molecule has 0 radical (unpaired) electrons. The van der Waals surface area contributed by atoms with Crippen LogP contribution in [0.4, 0.5) is 5.82 Å². The van der Waals surface area contributed by atoms with Crippen molar-refractivity contribution >= 4 is 17.0 Å². The fourth-order valence-corrected chi connectivity index (χ4v) is 1.63. The summed E-state index contributed by atoms with van der Waals surface area (Å²) >= 11 is 0. The van der Waals surface area contributed by atoms with Gasteiger partial charge >= 0.3 is 0 Å². The maximum atomic E-state index is 5.60. The molecule has 0 aliphatic rings. The van der Waals surface area contributed by atoms with E-state index < -0.39 is 0 Å². The summed E-state index contributed by atoms with van der Waals surface area (Å²) in [5, 5.41) is 4.09. The average molecular weight is 214 g/mol. The minimum atomic E-state index is 0.468. The van der Waals surface area contributed by atoms with Gasteiger partial charge in [-0.1, -0.05) is 0 Å². The quantitative estimate of drug-likeness (QED) is 0.631. The number of hydrogen-bond donors (Lipinski definition) is 2. The molecule has 0 bridgehead atoms. The first-order valence-electron chi connectivity index (χ1n) is 4.84. The van der Waals surface area contributed by atoms with Crippen LogP contribution in [-0.2, 0) is 7.05 Å². The van der Waals surface area contributed by atoms with Crippen molar-refractivity contribution in [2.75, 3.05) is 5.73 Å². The van der Waals surface area contributed by atoms with Gasteiger partial charge in [0.2, 0.25) is 0 Å². The van der Waals surface area contributed by atoms with Gasteiger partial charge in [0.1, 0.15) is 11.5 Å². The van der Waals surface area contributed by atoms with Crippen molar-refractivity contribution in [1.82, 2.24) is 24.7 Å². The Labute approximate surface area is 91.1 Å². The van der Waals surface area contributed by atoms with E-state index in [0.29, 0.717) is 11.5 Å². The highest BCUT2D eigenvalue weighted by Crippen LogP contribution is 2.18. The van der Waals surface area contributed by atoms with Gasteiger partial charge in [0.25, 0.3) is 0 Å². The third-order valence-electron chi connectivity index (χ3n) is 2.43. The number of nitrogens with zero attached hydrogens (tertiary/aromatic N) is 4. The molecule has 0 spiro atoms. The lowest BCUT2D eigenvalue weighted by Gasteiger charge is -1.95. The molecule has 3 aromatic heterocycles. The fraction of sp³-hybridized carbons (Fsp3) is 0.100. The molecule has 0 atom stereocenters. The van der Waals surface area contributed by atoms with Crippen molar-refractivity contribution in [2.45, 2.75) is 0 Å². The molecule has 6 heteroatoms. The number of aromatic amines is 1. The normalized spacial score (nSPS) is 11.1. The number of aromatic nitrogens is 5. The Balaban J connectivity index is 2.23. The first-order valence-corrected chi connectivity index (χ1v) is 4.84. The summed E-state index contributed by atoms with van der Waals surface area (Å²) < 4.78 is 1.75. The van der Waals surface area contributed by atoms with Gasteiger partial charge in [-0.05, 0) is 18.2 Å². The molecule has 3 rings (SSSR count). The van der Waals surface area contributed by atoms with Crippen molar-refractivity contribution in [3.8, 4) is 11.5 Å². The molecule has 0 amide bonds. The number of anilines is 1. The summed E-state index contributed by atoms with van der Waals surface area (Å²) in [5.74, 6) is 1.21. The van der Waals surface area contributed by atoms with Crippen LogP contribution in [0.3, 0.4) is 0 Å². The molecule has 6 nitrogen and oxygen atoms in total. The number of nitrogens with two attached hydrogens (primary N) is 1. The number of imidazole rings is 1. The molecule has 80 valence electrons. The molecule has 0 unspecified atom stereocenters. The molecule has 0 aliphatic carbocycles. The van der Waals surface area contributed by atoms with Gasteiger partial charge in [0.05, 0.1) is 5.52 Å². The van der Waals surface area contributed by atoms with E-state index >= 15 is 0 Å². The molecule has 0 saturated carbocycles. The fourth-order valence-electron chi connectivity index (χ4n) is 1.63. The smallest absolute Gasteiger partial charge is 0.180 e. The maximum absolute atomic E-state index is 5.60. The molecular formula is C10H10N6. The number of fused-ring (bicyclic) bond motifs is 1. The van der Waals surface area contributed by atoms with Gasteiger partial charge < -0.3 is 10.7 Å². The van der Waals surface area contributed by atoms with Crippen LogP contribution in [0, 0.1) is 0 Å². The van der Waals surface area contributed by atoms with Crippen molar-refractivity contribution in [3.63, 3.8) is 0 Å². The van der Waals surface area contributed by atoms with E-state index in [1.165, 1.54) is 0 Å². The standard InChI is InChI=1S/C10H10N6/c1-16-7(4-5-12-16)10-13-6-2-3-8(11)14-9(6)15-10/h2-5H,1H3,(H3,11,13,14,15). The van der Waals surface area contributed by atoms with Gasteiger partial charge in [-0.25, -0.2) is 9.97 Å². The second kappa shape index (κ2) is 3.06. The van der Waals surface area contributed by atoms with Crippen LogP contribution >= 0.6 is 0 Å². The third-order valence-corrected chi connectivity index (χ3v) is 2.43. The highest BCUT2D eigenvalue weighted by molar-refractivity contribution is 5.76. The summed E-state index contributed by atoms with van der Waals surface area (Å²) in [4.78, 5) is 11.7. The molecule has 3 heterocycles. The number of pyridine rings is 1. The number of aryl methyl sites for hydroxylation is 1. The minimum Gasteiger partial charge on any atom is -0.384 e. The monoisotopic (exact) mass is 214 g/mol. The number of H-pyrrole nitrogens is 1. The number of nitrogen functional groups attached to an aromatic ring is 1. The molecule has 0 aromatic carbocycles. The zero-order chi connectivity index (χ0) is 11.1. The van der Waals surface area contributed by atoms with Crippen LogP contribution in [-0.4, -0.2) is 24.7 Å². The topological polar surface area (TPSA) is 85.4 Å². The van der Waals surface area contributed by atoms with E-state index in [0.717, 1.165) is 17.0 Å². The lowest BCUT2D eigenvalue weighted by Crippen LogP contribution is -1.94.